The van der Waals surface area contributed by atoms with Crippen molar-refractivity contribution in [2.75, 3.05) is 13.1 Å². The van der Waals surface area contributed by atoms with Crippen molar-refractivity contribution in [3.05, 3.63) is 76.1 Å². The molecule has 1 aromatic heterocycles. The lowest BCUT2D eigenvalue weighted by atomic mass is 10.2. The second-order valence-corrected chi connectivity index (χ2v) is 7.61. The van der Waals surface area contributed by atoms with E-state index < -0.39 is 0 Å². The molecule has 0 saturated carbocycles. The molecular weight excluding hydrogens is 396 g/mol. The van der Waals surface area contributed by atoms with E-state index in [1.807, 2.05) is 30.3 Å². The maximum absolute atomic E-state index is 12.3. The highest BCUT2D eigenvalue weighted by Gasteiger charge is 2.10. The van der Waals surface area contributed by atoms with Crippen LogP contribution in [0, 0.1) is 0 Å². The van der Waals surface area contributed by atoms with Gasteiger partial charge >= 0.3 is 0 Å². The molecule has 0 unspecified atom stereocenters. The van der Waals surface area contributed by atoms with Gasteiger partial charge in [0.05, 0.1) is 4.88 Å². The Bertz CT molecular complexity index is 970. The second-order valence-electron chi connectivity index (χ2n) is 6.09. The van der Waals surface area contributed by atoms with Crippen LogP contribution in [0.4, 0.5) is 0 Å². The molecule has 0 aliphatic heterocycles. The van der Waals surface area contributed by atoms with Gasteiger partial charge in [-0.05, 0) is 54.4 Å². The molecule has 3 aromatic rings. The highest BCUT2D eigenvalue weighted by Crippen LogP contribution is 2.28. The quantitative estimate of drug-likeness (QED) is 0.503. The first-order valence-electron chi connectivity index (χ1n) is 8.74. The fourth-order valence-electron chi connectivity index (χ4n) is 2.56. The van der Waals surface area contributed by atoms with E-state index in [2.05, 4.69) is 10.6 Å². The van der Waals surface area contributed by atoms with Gasteiger partial charge < -0.3 is 15.7 Å². The molecular formula is C21H19ClN2O3S. The first-order valence-corrected chi connectivity index (χ1v) is 9.93. The van der Waals surface area contributed by atoms with Crippen molar-refractivity contribution in [1.29, 1.82) is 0 Å². The minimum atomic E-state index is -0.256. The van der Waals surface area contributed by atoms with Crippen molar-refractivity contribution in [1.82, 2.24) is 10.6 Å². The Morgan fingerprint density at radius 2 is 1.64 bits per heavy atom. The largest absolute Gasteiger partial charge is 0.508 e. The SMILES string of the molecule is O=C(NCCCNC(=O)c1ccc(-c2ccc(Cl)cc2)s1)c1cccc(O)c1. The molecule has 0 aliphatic carbocycles. The lowest BCUT2D eigenvalue weighted by Gasteiger charge is -2.06. The monoisotopic (exact) mass is 414 g/mol. The maximum Gasteiger partial charge on any atom is 0.261 e. The molecule has 28 heavy (non-hydrogen) atoms. The van der Waals surface area contributed by atoms with E-state index >= 15 is 0 Å². The van der Waals surface area contributed by atoms with Crippen LogP contribution in [-0.2, 0) is 0 Å². The third-order valence-electron chi connectivity index (χ3n) is 3.99. The van der Waals surface area contributed by atoms with Gasteiger partial charge in [0.2, 0.25) is 0 Å². The molecule has 3 N–H and O–H groups in total. The number of nitrogens with one attached hydrogen (secondary N) is 2. The van der Waals surface area contributed by atoms with E-state index in [1.165, 1.54) is 23.5 Å². The zero-order valence-electron chi connectivity index (χ0n) is 14.9. The van der Waals surface area contributed by atoms with Crippen LogP contribution in [0.25, 0.3) is 10.4 Å². The number of carbonyl (C=O) groups is 2. The summed E-state index contributed by atoms with van der Waals surface area (Å²) in [4.78, 5) is 25.9. The van der Waals surface area contributed by atoms with E-state index in [4.69, 9.17) is 11.6 Å². The molecule has 5 nitrogen and oxygen atoms in total. The van der Waals surface area contributed by atoms with Crippen molar-refractivity contribution in [2.45, 2.75) is 6.42 Å². The predicted molar refractivity (Wildman–Crippen MR) is 112 cm³/mol. The Hall–Kier alpha value is -2.83. The summed E-state index contributed by atoms with van der Waals surface area (Å²) in [6.07, 6.45) is 0.603. The van der Waals surface area contributed by atoms with Gasteiger partial charge in [-0.3, -0.25) is 9.59 Å². The van der Waals surface area contributed by atoms with Crippen LogP contribution in [-0.4, -0.2) is 30.0 Å². The maximum atomic E-state index is 12.3. The summed E-state index contributed by atoms with van der Waals surface area (Å²) in [5.41, 5.74) is 1.42. The third kappa shape index (κ3) is 5.34. The lowest BCUT2D eigenvalue weighted by Crippen LogP contribution is -2.29. The van der Waals surface area contributed by atoms with Gasteiger partial charge in [0.1, 0.15) is 5.75 Å². The van der Waals surface area contributed by atoms with Gasteiger partial charge in [-0.2, -0.15) is 0 Å². The van der Waals surface area contributed by atoms with Gasteiger partial charge in [-0.25, -0.2) is 0 Å². The number of phenols is 1. The highest BCUT2D eigenvalue weighted by atomic mass is 35.5. The van der Waals surface area contributed by atoms with Crippen LogP contribution in [0.15, 0.2) is 60.7 Å². The van der Waals surface area contributed by atoms with Crippen molar-refractivity contribution < 1.29 is 14.7 Å². The summed E-state index contributed by atoms with van der Waals surface area (Å²) >= 11 is 7.32. The van der Waals surface area contributed by atoms with Crippen molar-refractivity contribution in [2.24, 2.45) is 0 Å². The number of hydrogen-bond acceptors (Lipinski definition) is 4. The summed E-state index contributed by atoms with van der Waals surface area (Å²) in [5, 5.41) is 15.7. The smallest absolute Gasteiger partial charge is 0.261 e. The molecule has 0 aliphatic rings. The molecule has 2 aromatic carbocycles. The van der Waals surface area contributed by atoms with E-state index in [1.54, 1.807) is 18.2 Å². The van der Waals surface area contributed by atoms with Crippen LogP contribution < -0.4 is 10.6 Å². The lowest BCUT2D eigenvalue weighted by molar-refractivity contribution is 0.0952. The molecule has 0 radical (unpaired) electrons. The second kappa shape index (κ2) is 9.39. The van der Waals surface area contributed by atoms with Gasteiger partial charge in [0.15, 0.2) is 0 Å². The van der Waals surface area contributed by atoms with Gasteiger partial charge in [0, 0.05) is 28.6 Å². The summed E-state index contributed by atoms with van der Waals surface area (Å²) in [7, 11) is 0. The number of rotatable bonds is 7. The Kier molecular flexibility index (Phi) is 6.68. The number of phenolic OH excluding ortho intramolecular Hbond substituents is 1. The van der Waals surface area contributed by atoms with Crippen molar-refractivity contribution in [3.63, 3.8) is 0 Å². The molecule has 0 spiro atoms. The number of hydrogen-bond donors (Lipinski definition) is 3. The molecule has 1 heterocycles. The normalized spacial score (nSPS) is 10.5. The van der Waals surface area contributed by atoms with Crippen molar-refractivity contribution >= 4 is 34.8 Å². The van der Waals surface area contributed by atoms with Crippen LogP contribution in [0.1, 0.15) is 26.5 Å². The number of amides is 2. The standard InChI is InChI=1S/C21H19ClN2O3S/c22-16-7-5-14(6-8-16)18-9-10-19(28-18)21(27)24-12-2-11-23-20(26)15-3-1-4-17(25)13-15/h1,3-10,13,25H,2,11-12H2,(H,23,26)(H,24,27). The number of halogens is 1. The van der Waals surface area contributed by atoms with Crippen LogP contribution in [0.3, 0.4) is 0 Å². The fourth-order valence-corrected chi connectivity index (χ4v) is 3.61. The Morgan fingerprint density at radius 1 is 0.929 bits per heavy atom. The average Bonchev–Trinajstić information content (AvgIpc) is 3.18. The molecule has 0 bridgehead atoms. The summed E-state index contributed by atoms with van der Waals surface area (Å²) in [6, 6.07) is 17.4. The first-order chi connectivity index (χ1) is 13.5. The molecule has 2 amide bonds. The van der Waals surface area contributed by atoms with Gasteiger partial charge in [-0.1, -0.05) is 29.8 Å². The van der Waals surface area contributed by atoms with Crippen LogP contribution in [0.2, 0.25) is 5.02 Å². The Balaban J connectivity index is 1.42. The molecule has 0 fully saturated rings. The Labute approximate surface area is 172 Å². The molecule has 3 rings (SSSR count). The summed E-state index contributed by atoms with van der Waals surface area (Å²) in [5.74, 6) is -0.341. The predicted octanol–water partition coefficient (Wildman–Crippen LogP) is 4.32. The fraction of sp³-hybridized carbons (Fsp3) is 0.143. The van der Waals surface area contributed by atoms with Crippen LogP contribution >= 0.6 is 22.9 Å². The topological polar surface area (TPSA) is 78.4 Å². The molecule has 0 atom stereocenters. The number of thiophene rings is 1. The molecule has 7 heteroatoms. The zero-order valence-corrected chi connectivity index (χ0v) is 16.5. The Morgan fingerprint density at radius 3 is 2.36 bits per heavy atom. The third-order valence-corrected chi connectivity index (χ3v) is 5.38. The van der Waals surface area contributed by atoms with Crippen molar-refractivity contribution in [3.8, 4) is 16.2 Å². The minimum absolute atomic E-state index is 0.0498. The first kappa shape index (κ1) is 19.9. The zero-order chi connectivity index (χ0) is 19.9. The number of benzene rings is 2. The van der Waals surface area contributed by atoms with Gasteiger partial charge in [0.25, 0.3) is 11.8 Å². The van der Waals surface area contributed by atoms with E-state index in [9.17, 15) is 14.7 Å². The summed E-state index contributed by atoms with van der Waals surface area (Å²) < 4.78 is 0. The number of aromatic hydroxyl groups is 1. The molecule has 144 valence electrons. The summed E-state index contributed by atoms with van der Waals surface area (Å²) in [6.45, 7) is 0.878. The number of carbonyl (C=O) groups excluding carboxylic acids is 2. The molecule has 0 saturated heterocycles. The van der Waals surface area contributed by atoms with E-state index in [0.717, 1.165) is 10.4 Å². The van der Waals surface area contributed by atoms with Gasteiger partial charge in [-0.15, -0.1) is 11.3 Å². The van der Waals surface area contributed by atoms with E-state index in [0.29, 0.717) is 35.0 Å². The van der Waals surface area contributed by atoms with E-state index in [-0.39, 0.29) is 17.6 Å². The minimum Gasteiger partial charge on any atom is -0.508 e. The average molecular weight is 415 g/mol. The highest BCUT2D eigenvalue weighted by molar-refractivity contribution is 7.17. The van der Waals surface area contributed by atoms with Crippen LogP contribution in [0.5, 0.6) is 5.75 Å².